The molecule has 0 aromatic carbocycles. The summed E-state index contributed by atoms with van der Waals surface area (Å²) in [6.07, 6.45) is 8.32. The number of hydrogen-bond acceptors (Lipinski definition) is 6. The van der Waals surface area contributed by atoms with E-state index in [1.165, 1.54) is 0 Å². The molecule has 30 heavy (non-hydrogen) atoms. The lowest BCUT2D eigenvalue weighted by atomic mass is 9.98. The topological polar surface area (TPSA) is 81.1 Å². The molecule has 1 fully saturated rings. The van der Waals surface area contributed by atoms with Crippen molar-refractivity contribution in [3.8, 4) is 17.4 Å². The minimum atomic E-state index is -0.134. The number of piperidine rings is 1. The molecule has 1 aliphatic rings. The highest BCUT2D eigenvalue weighted by molar-refractivity contribution is 9.10. The number of halogens is 1. The maximum Gasteiger partial charge on any atom is 0.256 e. The Morgan fingerprint density at radius 2 is 1.97 bits per heavy atom. The molecule has 4 heterocycles. The SMILES string of the molecule is Cc1cnc(-c2ncccn2)c(C(=O)N2CCC[C@@H](Oc3ccc(Br)cn3)[C@@H]2C)c1. The fraction of sp³-hybridized carbons (Fsp3) is 0.318. The Bertz CT molecular complexity index is 1030. The first-order valence-corrected chi connectivity index (χ1v) is 10.7. The fourth-order valence-electron chi connectivity index (χ4n) is 3.63. The van der Waals surface area contributed by atoms with Gasteiger partial charge in [-0.1, -0.05) is 0 Å². The number of pyridine rings is 2. The number of ether oxygens (including phenoxy) is 1. The number of rotatable bonds is 4. The average molecular weight is 468 g/mol. The molecule has 0 spiro atoms. The zero-order chi connectivity index (χ0) is 21.1. The molecular formula is C22H22BrN5O2. The van der Waals surface area contributed by atoms with Crippen LogP contribution in [0.4, 0.5) is 0 Å². The van der Waals surface area contributed by atoms with Crippen LogP contribution in [0.15, 0.2) is 53.5 Å². The van der Waals surface area contributed by atoms with E-state index in [9.17, 15) is 4.79 Å². The van der Waals surface area contributed by atoms with Crippen molar-refractivity contribution in [2.45, 2.75) is 38.8 Å². The van der Waals surface area contributed by atoms with Crippen molar-refractivity contribution in [2.75, 3.05) is 6.54 Å². The Labute approximate surface area is 183 Å². The molecule has 0 bridgehead atoms. The van der Waals surface area contributed by atoms with Crippen molar-refractivity contribution >= 4 is 21.8 Å². The molecule has 2 atom stereocenters. The molecule has 3 aromatic heterocycles. The largest absolute Gasteiger partial charge is 0.472 e. The van der Waals surface area contributed by atoms with Gasteiger partial charge < -0.3 is 9.64 Å². The van der Waals surface area contributed by atoms with Crippen LogP contribution < -0.4 is 4.74 Å². The molecule has 1 aliphatic heterocycles. The zero-order valence-corrected chi connectivity index (χ0v) is 18.4. The molecule has 4 rings (SSSR count). The molecule has 0 radical (unpaired) electrons. The lowest BCUT2D eigenvalue weighted by Gasteiger charge is -2.39. The molecule has 1 amide bonds. The van der Waals surface area contributed by atoms with Gasteiger partial charge >= 0.3 is 0 Å². The van der Waals surface area contributed by atoms with Gasteiger partial charge in [-0.25, -0.2) is 15.0 Å². The molecule has 0 unspecified atom stereocenters. The lowest BCUT2D eigenvalue weighted by molar-refractivity contribution is 0.0266. The number of nitrogens with zero attached hydrogens (tertiary/aromatic N) is 5. The molecule has 1 saturated heterocycles. The molecule has 3 aromatic rings. The molecule has 0 saturated carbocycles. The first-order valence-electron chi connectivity index (χ1n) is 9.86. The van der Waals surface area contributed by atoms with E-state index in [2.05, 4.69) is 35.9 Å². The third-order valence-corrected chi connectivity index (χ3v) is 5.65. The van der Waals surface area contributed by atoms with E-state index in [0.717, 1.165) is 22.9 Å². The van der Waals surface area contributed by atoms with Crippen LogP contribution in [0.1, 0.15) is 35.7 Å². The van der Waals surface area contributed by atoms with Crippen LogP contribution in [0.3, 0.4) is 0 Å². The third-order valence-electron chi connectivity index (χ3n) is 5.18. The number of carbonyl (C=O) groups is 1. The van der Waals surface area contributed by atoms with Gasteiger partial charge in [0.2, 0.25) is 5.88 Å². The number of carbonyl (C=O) groups excluding carboxylic acids is 1. The number of likely N-dealkylation sites (tertiary alicyclic amines) is 1. The van der Waals surface area contributed by atoms with Crippen LogP contribution in [0.25, 0.3) is 11.5 Å². The number of aromatic nitrogens is 4. The normalized spacial score (nSPS) is 18.8. The van der Waals surface area contributed by atoms with Crippen molar-refractivity contribution in [1.29, 1.82) is 0 Å². The van der Waals surface area contributed by atoms with Crippen LogP contribution >= 0.6 is 15.9 Å². The van der Waals surface area contributed by atoms with Gasteiger partial charge in [-0.15, -0.1) is 0 Å². The first kappa shape index (κ1) is 20.4. The van der Waals surface area contributed by atoms with Crippen LogP contribution in [-0.2, 0) is 0 Å². The van der Waals surface area contributed by atoms with E-state index in [-0.39, 0.29) is 18.1 Å². The fourth-order valence-corrected chi connectivity index (χ4v) is 3.86. The first-order chi connectivity index (χ1) is 14.5. The lowest BCUT2D eigenvalue weighted by Crippen LogP contribution is -2.51. The van der Waals surface area contributed by atoms with E-state index in [1.807, 2.05) is 36.9 Å². The highest BCUT2D eigenvalue weighted by Gasteiger charge is 2.34. The highest BCUT2D eigenvalue weighted by atomic mass is 79.9. The van der Waals surface area contributed by atoms with E-state index < -0.39 is 0 Å². The van der Waals surface area contributed by atoms with Gasteiger partial charge in [0.05, 0.1) is 11.6 Å². The second-order valence-corrected chi connectivity index (χ2v) is 8.25. The van der Waals surface area contributed by atoms with Crippen molar-refractivity contribution in [3.05, 3.63) is 64.7 Å². The summed E-state index contributed by atoms with van der Waals surface area (Å²) in [7, 11) is 0. The zero-order valence-electron chi connectivity index (χ0n) is 16.8. The van der Waals surface area contributed by atoms with Gasteiger partial charge in [-0.05, 0) is 66.4 Å². The van der Waals surface area contributed by atoms with Crippen molar-refractivity contribution in [1.82, 2.24) is 24.8 Å². The van der Waals surface area contributed by atoms with Crippen LogP contribution in [0, 0.1) is 6.92 Å². The number of amides is 1. The highest BCUT2D eigenvalue weighted by Crippen LogP contribution is 2.27. The van der Waals surface area contributed by atoms with Crippen molar-refractivity contribution < 1.29 is 9.53 Å². The van der Waals surface area contributed by atoms with Gasteiger partial charge in [0.25, 0.3) is 5.91 Å². The average Bonchev–Trinajstić information content (AvgIpc) is 2.77. The summed E-state index contributed by atoms with van der Waals surface area (Å²) in [5.41, 5.74) is 1.92. The van der Waals surface area contributed by atoms with Crippen LogP contribution in [0.5, 0.6) is 5.88 Å². The summed E-state index contributed by atoms with van der Waals surface area (Å²) in [5.74, 6) is 0.913. The standard InChI is InChI=1S/C22H22BrN5O2/c1-14-11-17(20(27-12-14)21-24-8-4-9-25-21)22(29)28-10-3-5-18(15(28)2)30-19-7-6-16(23)13-26-19/h4,6-9,11-13,15,18H,3,5,10H2,1-2H3/t15-,18+/m0/s1. The van der Waals surface area contributed by atoms with Gasteiger partial charge in [-0.3, -0.25) is 9.78 Å². The minimum Gasteiger partial charge on any atom is -0.472 e. The Hall–Kier alpha value is -2.87. The molecule has 154 valence electrons. The van der Waals surface area contributed by atoms with Gasteiger partial charge in [0.1, 0.15) is 11.8 Å². The molecular weight excluding hydrogens is 446 g/mol. The molecule has 8 heteroatoms. The maximum atomic E-state index is 13.6. The smallest absolute Gasteiger partial charge is 0.256 e. The summed E-state index contributed by atoms with van der Waals surface area (Å²) in [6.45, 7) is 4.60. The predicted octanol–water partition coefficient (Wildman–Crippen LogP) is 4.08. The molecule has 0 aliphatic carbocycles. The maximum absolute atomic E-state index is 13.6. The second-order valence-electron chi connectivity index (χ2n) is 7.33. The van der Waals surface area contributed by atoms with E-state index >= 15 is 0 Å². The summed E-state index contributed by atoms with van der Waals surface area (Å²) in [6, 6.07) is 7.20. The van der Waals surface area contributed by atoms with E-state index in [0.29, 0.717) is 29.5 Å². The summed E-state index contributed by atoms with van der Waals surface area (Å²) in [4.78, 5) is 32.7. The summed E-state index contributed by atoms with van der Waals surface area (Å²) >= 11 is 3.38. The van der Waals surface area contributed by atoms with E-state index in [1.54, 1.807) is 30.9 Å². The second kappa shape index (κ2) is 8.87. The Morgan fingerprint density at radius 1 is 1.17 bits per heavy atom. The van der Waals surface area contributed by atoms with Crippen LogP contribution in [0.2, 0.25) is 0 Å². The van der Waals surface area contributed by atoms with Crippen molar-refractivity contribution in [2.24, 2.45) is 0 Å². The number of aryl methyl sites for hydroxylation is 1. The summed E-state index contributed by atoms with van der Waals surface area (Å²) < 4.78 is 7.01. The van der Waals surface area contributed by atoms with Gasteiger partial charge in [0.15, 0.2) is 5.82 Å². The van der Waals surface area contributed by atoms with Crippen molar-refractivity contribution in [3.63, 3.8) is 0 Å². The molecule has 7 nitrogen and oxygen atoms in total. The quantitative estimate of drug-likeness (QED) is 0.574. The Kier molecular flexibility index (Phi) is 6.03. The van der Waals surface area contributed by atoms with Gasteiger partial charge in [0, 0.05) is 41.9 Å². The molecule has 0 N–H and O–H groups in total. The number of hydrogen-bond donors (Lipinski definition) is 0. The monoisotopic (exact) mass is 467 g/mol. The summed E-state index contributed by atoms with van der Waals surface area (Å²) in [5, 5.41) is 0. The Balaban J connectivity index is 1.60. The minimum absolute atomic E-state index is 0.0850. The van der Waals surface area contributed by atoms with Crippen LogP contribution in [-0.4, -0.2) is 49.4 Å². The predicted molar refractivity (Wildman–Crippen MR) is 116 cm³/mol. The van der Waals surface area contributed by atoms with Gasteiger partial charge in [-0.2, -0.15) is 0 Å². The van der Waals surface area contributed by atoms with E-state index in [4.69, 9.17) is 4.74 Å². The Morgan fingerprint density at radius 3 is 2.70 bits per heavy atom. The third kappa shape index (κ3) is 4.33.